The Morgan fingerprint density at radius 2 is 1.90 bits per heavy atom. The molecule has 1 heterocycles. The standard InChI is InChI=1S/C23H21FN2O4/c1-2-29-22(27)13-30-21-12-20(14-5-7-16(24)8-6-14)26-19-10-9-17(11-18(19)21)25-23(28)15-3-4-15/h5-12,15H,2-4,13H2,1H3,(H,25,28). The normalized spacial score (nSPS) is 13.1. The number of esters is 1. The molecule has 1 aliphatic rings. The number of nitrogens with zero attached hydrogens (tertiary/aromatic N) is 1. The third-order valence-electron chi connectivity index (χ3n) is 4.78. The zero-order valence-corrected chi connectivity index (χ0v) is 16.5. The van der Waals surface area contributed by atoms with Crippen LogP contribution in [0.5, 0.6) is 5.75 Å². The maximum Gasteiger partial charge on any atom is 0.344 e. The Morgan fingerprint density at radius 3 is 2.60 bits per heavy atom. The Labute approximate surface area is 173 Å². The highest BCUT2D eigenvalue weighted by Crippen LogP contribution is 2.34. The van der Waals surface area contributed by atoms with Crippen molar-refractivity contribution in [1.82, 2.24) is 4.98 Å². The van der Waals surface area contributed by atoms with Crippen molar-refractivity contribution >= 4 is 28.5 Å². The lowest BCUT2D eigenvalue weighted by Crippen LogP contribution is -2.15. The van der Waals surface area contributed by atoms with E-state index in [1.807, 2.05) is 0 Å². The topological polar surface area (TPSA) is 77.5 Å². The molecule has 4 rings (SSSR count). The van der Waals surface area contributed by atoms with Crippen LogP contribution in [-0.2, 0) is 14.3 Å². The minimum Gasteiger partial charge on any atom is -0.481 e. The molecule has 7 heteroatoms. The highest BCUT2D eigenvalue weighted by atomic mass is 19.1. The second-order valence-electron chi connectivity index (χ2n) is 7.10. The van der Waals surface area contributed by atoms with Gasteiger partial charge in [0.05, 0.1) is 17.8 Å². The lowest BCUT2D eigenvalue weighted by molar-refractivity contribution is -0.145. The van der Waals surface area contributed by atoms with E-state index in [0.29, 0.717) is 33.6 Å². The van der Waals surface area contributed by atoms with Gasteiger partial charge < -0.3 is 14.8 Å². The quantitative estimate of drug-likeness (QED) is 0.589. The predicted octanol–water partition coefficient (Wildman–Crippen LogP) is 4.33. The summed E-state index contributed by atoms with van der Waals surface area (Å²) in [6.07, 6.45) is 1.83. The molecule has 1 saturated carbocycles. The monoisotopic (exact) mass is 408 g/mol. The number of aromatic nitrogens is 1. The fourth-order valence-corrected chi connectivity index (χ4v) is 3.09. The molecule has 6 nitrogen and oxygen atoms in total. The molecule has 1 fully saturated rings. The summed E-state index contributed by atoms with van der Waals surface area (Å²) in [5.41, 5.74) is 2.55. The van der Waals surface area contributed by atoms with Gasteiger partial charge in [-0.2, -0.15) is 0 Å². The van der Waals surface area contributed by atoms with E-state index in [1.54, 1.807) is 43.3 Å². The second-order valence-corrected chi connectivity index (χ2v) is 7.10. The fraction of sp³-hybridized carbons (Fsp3) is 0.261. The molecule has 2 aromatic carbocycles. The van der Waals surface area contributed by atoms with E-state index < -0.39 is 5.97 Å². The van der Waals surface area contributed by atoms with E-state index in [4.69, 9.17) is 9.47 Å². The van der Waals surface area contributed by atoms with Crippen LogP contribution in [-0.4, -0.2) is 30.1 Å². The van der Waals surface area contributed by atoms with Crippen molar-refractivity contribution in [2.45, 2.75) is 19.8 Å². The van der Waals surface area contributed by atoms with Crippen molar-refractivity contribution in [3.63, 3.8) is 0 Å². The smallest absolute Gasteiger partial charge is 0.344 e. The molecule has 1 amide bonds. The number of nitrogens with one attached hydrogen (secondary N) is 1. The van der Waals surface area contributed by atoms with Gasteiger partial charge in [-0.15, -0.1) is 0 Å². The van der Waals surface area contributed by atoms with Gasteiger partial charge in [-0.1, -0.05) is 0 Å². The minimum absolute atomic E-state index is 0.000710. The molecular formula is C23H21FN2O4. The van der Waals surface area contributed by atoms with E-state index in [0.717, 1.165) is 12.8 Å². The number of halogens is 1. The third-order valence-corrected chi connectivity index (χ3v) is 4.78. The van der Waals surface area contributed by atoms with Gasteiger partial charge in [0.2, 0.25) is 5.91 Å². The van der Waals surface area contributed by atoms with Crippen LogP contribution in [0.4, 0.5) is 10.1 Å². The first-order valence-electron chi connectivity index (χ1n) is 9.83. The lowest BCUT2D eigenvalue weighted by atomic mass is 10.1. The van der Waals surface area contributed by atoms with Crippen LogP contribution in [0.1, 0.15) is 19.8 Å². The predicted molar refractivity (Wildman–Crippen MR) is 111 cm³/mol. The van der Waals surface area contributed by atoms with Crippen molar-refractivity contribution < 1.29 is 23.5 Å². The lowest BCUT2D eigenvalue weighted by Gasteiger charge is -2.13. The number of carbonyl (C=O) groups is 2. The van der Waals surface area contributed by atoms with E-state index in [9.17, 15) is 14.0 Å². The van der Waals surface area contributed by atoms with E-state index in [2.05, 4.69) is 10.3 Å². The van der Waals surface area contributed by atoms with Crippen molar-refractivity contribution in [3.05, 3.63) is 54.3 Å². The van der Waals surface area contributed by atoms with Crippen LogP contribution < -0.4 is 10.1 Å². The SMILES string of the molecule is CCOC(=O)COc1cc(-c2ccc(F)cc2)nc2ccc(NC(=O)C3CC3)cc12. The number of fused-ring (bicyclic) bond motifs is 1. The average Bonchev–Trinajstić information content (AvgIpc) is 3.58. The summed E-state index contributed by atoms with van der Waals surface area (Å²) >= 11 is 0. The first-order valence-corrected chi connectivity index (χ1v) is 9.83. The van der Waals surface area contributed by atoms with Crippen molar-refractivity contribution in [3.8, 4) is 17.0 Å². The summed E-state index contributed by atoms with van der Waals surface area (Å²) in [4.78, 5) is 28.5. The Hall–Kier alpha value is -3.48. The van der Waals surface area contributed by atoms with Crippen molar-refractivity contribution in [2.75, 3.05) is 18.5 Å². The number of rotatable bonds is 7. The van der Waals surface area contributed by atoms with Crippen LogP contribution in [0.25, 0.3) is 22.2 Å². The first-order chi connectivity index (χ1) is 14.5. The number of pyridine rings is 1. The summed E-state index contributed by atoms with van der Waals surface area (Å²) in [5, 5.41) is 3.56. The molecule has 1 N–H and O–H groups in total. The zero-order valence-electron chi connectivity index (χ0n) is 16.5. The second kappa shape index (κ2) is 8.49. The number of hydrogen-bond acceptors (Lipinski definition) is 5. The van der Waals surface area contributed by atoms with E-state index in [1.165, 1.54) is 12.1 Å². The fourth-order valence-electron chi connectivity index (χ4n) is 3.09. The molecule has 0 unspecified atom stereocenters. The van der Waals surface area contributed by atoms with Gasteiger partial charge in [-0.25, -0.2) is 14.2 Å². The van der Waals surface area contributed by atoms with Gasteiger partial charge in [-0.3, -0.25) is 4.79 Å². The third kappa shape index (κ3) is 4.56. The molecule has 30 heavy (non-hydrogen) atoms. The number of ether oxygens (including phenoxy) is 2. The highest BCUT2D eigenvalue weighted by molar-refractivity contribution is 5.97. The van der Waals surface area contributed by atoms with Gasteiger partial charge in [-0.05, 0) is 62.2 Å². The van der Waals surface area contributed by atoms with Crippen LogP contribution >= 0.6 is 0 Å². The summed E-state index contributed by atoms with van der Waals surface area (Å²) in [6.45, 7) is 1.73. The van der Waals surface area contributed by atoms with Gasteiger partial charge in [0.1, 0.15) is 11.6 Å². The molecule has 0 radical (unpaired) electrons. The molecule has 154 valence electrons. The number of anilines is 1. The van der Waals surface area contributed by atoms with Crippen LogP contribution in [0.15, 0.2) is 48.5 Å². The van der Waals surface area contributed by atoms with Crippen LogP contribution in [0.2, 0.25) is 0 Å². The molecule has 0 bridgehead atoms. The number of carbonyl (C=O) groups excluding carboxylic acids is 2. The Balaban J connectivity index is 1.71. The van der Waals surface area contributed by atoms with E-state index in [-0.39, 0.29) is 30.9 Å². The molecule has 0 spiro atoms. The van der Waals surface area contributed by atoms with Crippen molar-refractivity contribution in [2.24, 2.45) is 5.92 Å². The van der Waals surface area contributed by atoms with E-state index >= 15 is 0 Å². The van der Waals surface area contributed by atoms with Crippen LogP contribution in [0.3, 0.4) is 0 Å². The molecule has 1 aromatic heterocycles. The Kier molecular flexibility index (Phi) is 5.61. The summed E-state index contributed by atoms with van der Waals surface area (Å²) in [5.74, 6) is -0.313. The molecule has 0 aliphatic heterocycles. The highest BCUT2D eigenvalue weighted by Gasteiger charge is 2.29. The first kappa shape index (κ1) is 19.8. The molecular weight excluding hydrogens is 387 g/mol. The van der Waals surface area contributed by atoms with Gasteiger partial charge >= 0.3 is 5.97 Å². The van der Waals surface area contributed by atoms with Gasteiger partial charge in [0.15, 0.2) is 6.61 Å². The zero-order chi connectivity index (χ0) is 21.1. The number of benzene rings is 2. The Bertz CT molecular complexity index is 1090. The molecule has 1 aliphatic carbocycles. The molecule has 3 aromatic rings. The van der Waals surface area contributed by atoms with Gasteiger partial charge in [0.25, 0.3) is 0 Å². The molecule has 0 saturated heterocycles. The summed E-state index contributed by atoms with van der Waals surface area (Å²) in [6, 6.07) is 13.0. The van der Waals surface area contributed by atoms with Gasteiger partial charge in [0, 0.05) is 28.6 Å². The Morgan fingerprint density at radius 1 is 1.13 bits per heavy atom. The number of hydrogen-bond donors (Lipinski definition) is 1. The van der Waals surface area contributed by atoms with Crippen molar-refractivity contribution in [1.29, 1.82) is 0 Å². The average molecular weight is 408 g/mol. The minimum atomic E-state index is -0.482. The maximum absolute atomic E-state index is 13.3. The number of amides is 1. The van der Waals surface area contributed by atoms with Crippen LogP contribution in [0, 0.1) is 11.7 Å². The maximum atomic E-state index is 13.3. The largest absolute Gasteiger partial charge is 0.481 e. The summed E-state index contributed by atoms with van der Waals surface area (Å²) in [7, 11) is 0. The molecule has 0 atom stereocenters. The summed E-state index contributed by atoms with van der Waals surface area (Å²) < 4.78 is 24.0.